The molecule has 18 heavy (non-hydrogen) atoms. The smallest absolute Gasteiger partial charge is 0.105 e. The van der Waals surface area contributed by atoms with E-state index in [1.165, 1.54) is 56.4 Å². The Morgan fingerprint density at radius 1 is 1.17 bits per heavy atom. The fourth-order valence-corrected chi connectivity index (χ4v) is 4.56. The third-order valence-electron chi connectivity index (χ3n) is 4.83. The molecule has 0 bridgehead atoms. The van der Waals surface area contributed by atoms with Crippen LogP contribution in [0.2, 0.25) is 5.82 Å². The predicted molar refractivity (Wildman–Crippen MR) is 86.1 cm³/mol. The second-order valence-electron chi connectivity index (χ2n) is 6.76. The molecule has 0 spiro atoms. The Labute approximate surface area is 119 Å². The van der Waals surface area contributed by atoms with E-state index >= 15 is 0 Å². The van der Waals surface area contributed by atoms with Crippen molar-refractivity contribution in [3.05, 3.63) is 0 Å². The Balaban J connectivity index is 2.09. The van der Waals surface area contributed by atoms with Crippen LogP contribution >= 0.6 is 12.2 Å². The molecule has 0 aromatic heterocycles. The first-order valence-electron chi connectivity index (χ1n) is 7.90. The van der Waals surface area contributed by atoms with Gasteiger partial charge in [0.05, 0.1) is 4.99 Å². The lowest BCUT2D eigenvalue weighted by molar-refractivity contribution is 0.209. The van der Waals surface area contributed by atoms with Gasteiger partial charge >= 0.3 is 0 Å². The molecule has 3 atom stereocenters. The lowest BCUT2D eigenvalue weighted by atomic mass is 9.73. The highest BCUT2D eigenvalue weighted by atomic mass is 32.1. The third-order valence-corrected chi connectivity index (χ3v) is 5.21. The zero-order valence-electron chi connectivity index (χ0n) is 12.3. The molecule has 3 unspecified atom stereocenters. The summed E-state index contributed by atoms with van der Waals surface area (Å²) in [6.45, 7) is 4.61. The van der Waals surface area contributed by atoms with Gasteiger partial charge in [-0.2, -0.15) is 0 Å². The summed E-state index contributed by atoms with van der Waals surface area (Å²) in [5, 5.41) is 0. The highest BCUT2D eigenvalue weighted by Gasteiger charge is 2.38. The minimum absolute atomic E-state index is 0.589. The maximum atomic E-state index is 5.65. The van der Waals surface area contributed by atoms with E-state index in [0.29, 0.717) is 6.04 Å². The molecule has 2 fully saturated rings. The third kappa shape index (κ3) is 3.29. The molecule has 0 radical (unpaired) electrons. The second-order valence-corrected chi connectivity index (χ2v) is 7.23. The topological polar surface area (TPSA) is 3.24 Å². The Bertz CT molecular complexity index is 292. The van der Waals surface area contributed by atoms with Gasteiger partial charge in [0.1, 0.15) is 7.85 Å². The van der Waals surface area contributed by atoms with E-state index in [1.54, 1.807) is 0 Å². The summed E-state index contributed by atoms with van der Waals surface area (Å²) in [6, 6.07) is 1.34. The number of thiocarbonyl (C=S) groups is 1. The molecule has 2 rings (SSSR count). The van der Waals surface area contributed by atoms with E-state index in [9.17, 15) is 0 Å². The normalized spacial score (nSPS) is 34.7. The van der Waals surface area contributed by atoms with Crippen molar-refractivity contribution in [1.29, 1.82) is 0 Å². The Kier molecular flexibility index (Phi) is 5.11. The Hall–Kier alpha value is -0.0451. The highest BCUT2D eigenvalue weighted by Crippen LogP contribution is 2.38. The van der Waals surface area contributed by atoms with Gasteiger partial charge in [0.25, 0.3) is 0 Å². The van der Waals surface area contributed by atoms with Crippen LogP contribution in [-0.2, 0) is 0 Å². The van der Waals surface area contributed by atoms with Crippen LogP contribution in [0.25, 0.3) is 0 Å². The SMILES string of the molecule is BC1CCCCCCC2C(CC(=S)N2C(C)C)C1. The van der Waals surface area contributed by atoms with Gasteiger partial charge in [-0.25, -0.2) is 0 Å². The minimum atomic E-state index is 0.589. The van der Waals surface area contributed by atoms with Gasteiger partial charge < -0.3 is 4.90 Å². The monoisotopic (exact) mass is 265 g/mol. The Morgan fingerprint density at radius 3 is 2.50 bits per heavy atom. The molecular weight excluding hydrogens is 237 g/mol. The van der Waals surface area contributed by atoms with Crippen LogP contribution in [0.1, 0.15) is 65.2 Å². The van der Waals surface area contributed by atoms with Crippen LogP contribution in [0.15, 0.2) is 0 Å². The molecule has 1 heterocycles. The summed E-state index contributed by atoms with van der Waals surface area (Å²) in [7, 11) is 2.44. The quantitative estimate of drug-likeness (QED) is 0.526. The molecule has 0 N–H and O–H groups in total. The molecule has 2 aliphatic rings. The highest BCUT2D eigenvalue weighted by molar-refractivity contribution is 7.80. The fraction of sp³-hybridized carbons (Fsp3) is 0.933. The van der Waals surface area contributed by atoms with Crippen molar-refractivity contribution in [3.63, 3.8) is 0 Å². The average molecular weight is 265 g/mol. The van der Waals surface area contributed by atoms with E-state index in [1.807, 2.05) is 0 Å². The van der Waals surface area contributed by atoms with Crippen molar-refractivity contribution in [3.8, 4) is 0 Å². The minimum Gasteiger partial charge on any atom is -0.360 e. The van der Waals surface area contributed by atoms with Crippen LogP contribution in [-0.4, -0.2) is 29.8 Å². The molecule has 102 valence electrons. The van der Waals surface area contributed by atoms with Crippen LogP contribution in [0.4, 0.5) is 0 Å². The number of likely N-dealkylation sites (tertiary alicyclic amines) is 1. The zero-order chi connectivity index (χ0) is 13.1. The standard InChI is InChI=1S/C15H28BNS/c1-11(2)17-14-8-6-4-3-5-7-13(16)9-12(14)10-15(17)18/h11-14H,3-10,16H2,1-2H3. The average Bonchev–Trinajstić information content (AvgIpc) is 2.60. The van der Waals surface area contributed by atoms with E-state index in [0.717, 1.165) is 17.8 Å². The molecule has 3 heteroatoms. The molecule has 1 aliphatic carbocycles. The van der Waals surface area contributed by atoms with Gasteiger partial charge in [0.2, 0.25) is 0 Å². The molecule has 0 amide bonds. The summed E-state index contributed by atoms with van der Waals surface area (Å²) in [6.07, 6.45) is 11.1. The summed E-state index contributed by atoms with van der Waals surface area (Å²) < 4.78 is 0. The van der Waals surface area contributed by atoms with Crippen molar-refractivity contribution >= 4 is 25.1 Å². The summed E-state index contributed by atoms with van der Waals surface area (Å²) in [5.74, 6) is 1.73. The van der Waals surface area contributed by atoms with Crippen molar-refractivity contribution in [1.82, 2.24) is 4.90 Å². The molecular formula is C15H28BNS. The van der Waals surface area contributed by atoms with Crippen LogP contribution < -0.4 is 0 Å². The molecule has 1 saturated heterocycles. The molecule has 1 aliphatic heterocycles. The van der Waals surface area contributed by atoms with E-state index in [-0.39, 0.29) is 0 Å². The van der Waals surface area contributed by atoms with Gasteiger partial charge in [0, 0.05) is 18.5 Å². The maximum absolute atomic E-state index is 5.65. The fourth-order valence-electron chi connectivity index (χ4n) is 4.00. The number of rotatable bonds is 1. The zero-order valence-corrected chi connectivity index (χ0v) is 13.1. The van der Waals surface area contributed by atoms with E-state index < -0.39 is 0 Å². The van der Waals surface area contributed by atoms with Crippen LogP contribution in [0.3, 0.4) is 0 Å². The van der Waals surface area contributed by atoms with E-state index in [4.69, 9.17) is 12.2 Å². The first-order valence-corrected chi connectivity index (χ1v) is 8.31. The summed E-state index contributed by atoms with van der Waals surface area (Å²) >= 11 is 5.65. The number of nitrogens with zero attached hydrogens (tertiary/aromatic N) is 1. The second kappa shape index (κ2) is 6.41. The first-order chi connectivity index (χ1) is 8.59. The maximum Gasteiger partial charge on any atom is 0.105 e. The number of hydrogen-bond acceptors (Lipinski definition) is 1. The van der Waals surface area contributed by atoms with Crippen LogP contribution in [0, 0.1) is 5.92 Å². The van der Waals surface area contributed by atoms with Gasteiger partial charge in [-0.1, -0.05) is 56.6 Å². The Morgan fingerprint density at radius 2 is 1.83 bits per heavy atom. The van der Waals surface area contributed by atoms with Crippen molar-refractivity contribution in [2.75, 3.05) is 0 Å². The summed E-state index contributed by atoms with van der Waals surface area (Å²) in [4.78, 5) is 3.81. The number of fused-ring (bicyclic) bond motifs is 1. The molecule has 1 saturated carbocycles. The molecule has 1 nitrogen and oxygen atoms in total. The van der Waals surface area contributed by atoms with Crippen molar-refractivity contribution < 1.29 is 0 Å². The van der Waals surface area contributed by atoms with Crippen molar-refractivity contribution in [2.24, 2.45) is 5.92 Å². The summed E-state index contributed by atoms with van der Waals surface area (Å²) in [5.41, 5.74) is 0. The van der Waals surface area contributed by atoms with E-state index in [2.05, 4.69) is 26.6 Å². The van der Waals surface area contributed by atoms with Crippen LogP contribution in [0.5, 0.6) is 0 Å². The lowest BCUT2D eigenvalue weighted by Crippen LogP contribution is -2.40. The first kappa shape index (κ1) is 14.4. The van der Waals surface area contributed by atoms with Gasteiger partial charge in [-0.15, -0.1) is 0 Å². The lowest BCUT2D eigenvalue weighted by Gasteiger charge is -2.34. The molecule has 0 aromatic carbocycles. The molecule has 0 aromatic rings. The van der Waals surface area contributed by atoms with Gasteiger partial charge in [-0.3, -0.25) is 0 Å². The van der Waals surface area contributed by atoms with Gasteiger partial charge in [-0.05, 0) is 26.2 Å². The van der Waals surface area contributed by atoms with Gasteiger partial charge in [0.15, 0.2) is 0 Å². The largest absolute Gasteiger partial charge is 0.360 e. The number of hydrogen-bond donors (Lipinski definition) is 0. The predicted octanol–water partition coefficient (Wildman–Crippen LogP) is 3.58. The van der Waals surface area contributed by atoms with Crippen molar-refractivity contribution in [2.45, 2.75) is 83.1 Å².